The fraction of sp³-hybridized carbons (Fsp3) is 0.667. The monoisotopic (exact) mass is 467 g/mol. The zero-order valence-electron chi connectivity index (χ0n) is 20.4. The molecule has 7 heteroatoms. The van der Waals surface area contributed by atoms with Gasteiger partial charge >= 0.3 is 0 Å². The van der Waals surface area contributed by atoms with Crippen LogP contribution in [0.25, 0.3) is 0 Å². The van der Waals surface area contributed by atoms with Crippen LogP contribution >= 0.6 is 0 Å². The number of nitrogens with zero attached hydrogens (tertiary/aromatic N) is 2. The van der Waals surface area contributed by atoms with E-state index < -0.39 is 12.1 Å². The summed E-state index contributed by atoms with van der Waals surface area (Å²) in [6, 6.07) is 7.61. The molecule has 1 saturated carbocycles. The van der Waals surface area contributed by atoms with Crippen LogP contribution in [-0.4, -0.2) is 77.9 Å². The fourth-order valence-corrected chi connectivity index (χ4v) is 5.92. The highest BCUT2D eigenvalue weighted by molar-refractivity contribution is 5.99. The van der Waals surface area contributed by atoms with Gasteiger partial charge in [0.25, 0.3) is 5.91 Å². The molecule has 5 rings (SSSR count). The van der Waals surface area contributed by atoms with Gasteiger partial charge in [-0.15, -0.1) is 0 Å². The molecular formula is C27H37N3O4. The first-order chi connectivity index (χ1) is 16.4. The Morgan fingerprint density at radius 2 is 1.74 bits per heavy atom. The standard InChI is InChI=1S/C27H37N3O4/c1-17(2)15-22(27(33)30-14-11-24-25(30)23(31)16-34-24)28-26(32)20-5-3-18(4-6-20)19-9-12-29(13-10-19)21-7-8-21/h3-6,17,19,21-22,24-25H,7-16H2,1-2H3,(H,28,32)/t22?,24-,25-/m1/s1. The van der Waals surface area contributed by atoms with E-state index in [1.807, 2.05) is 26.0 Å². The fourth-order valence-electron chi connectivity index (χ4n) is 5.92. The first-order valence-electron chi connectivity index (χ1n) is 13.0. The smallest absolute Gasteiger partial charge is 0.251 e. The number of carbonyl (C=O) groups is 3. The normalized spacial score (nSPS) is 26.7. The Kier molecular flexibility index (Phi) is 6.76. The van der Waals surface area contributed by atoms with E-state index in [1.165, 1.54) is 44.3 Å². The number of nitrogens with one attached hydrogen (secondary N) is 1. The Labute approximate surface area is 202 Å². The second kappa shape index (κ2) is 9.78. The molecular weight excluding hydrogens is 430 g/mol. The third kappa shape index (κ3) is 4.91. The molecule has 2 amide bonds. The number of hydrogen-bond acceptors (Lipinski definition) is 5. The number of Topliss-reactive ketones (excluding diaryl/α,β-unsaturated/α-hetero) is 1. The van der Waals surface area contributed by atoms with Crippen LogP contribution in [0.4, 0.5) is 0 Å². The van der Waals surface area contributed by atoms with Gasteiger partial charge in [0.1, 0.15) is 18.7 Å². The molecule has 0 radical (unpaired) electrons. The van der Waals surface area contributed by atoms with Crippen LogP contribution in [0, 0.1) is 5.92 Å². The van der Waals surface area contributed by atoms with Crippen molar-refractivity contribution in [2.24, 2.45) is 5.92 Å². The number of piperidine rings is 1. The van der Waals surface area contributed by atoms with Crippen LogP contribution in [0.3, 0.4) is 0 Å². The number of ketones is 1. The SMILES string of the molecule is CC(C)CC(NC(=O)c1ccc(C2CCN(C3CC3)CC2)cc1)C(=O)N1CC[C@H]2OCC(=O)[C@H]21. The summed E-state index contributed by atoms with van der Waals surface area (Å²) in [7, 11) is 0. The molecule has 1 aromatic carbocycles. The molecule has 3 atom stereocenters. The number of amides is 2. The lowest BCUT2D eigenvalue weighted by molar-refractivity contribution is -0.138. The van der Waals surface area contributed by atoms with Gasteiger partial charge in [-0.1, -0.05) is 26.0 Å². The summed E-state index contributed by atoms with van der Waals surface area (Å²) < 4.78 is 5.53. The Balaban J connectivity index is 1.22. The number of benzene rings is 1. The summed E-state index contributed by atoms with van der Waals surface area (Å²) in [5, 5.41) is 2.97. The summed E-state index contributed by atoms with van der Waals surface area (Å²) in [5.74, 6) is 0.332. The van der Waals surface area contributed by atoms with E-state index in [1.54, 1.807) is 4.90 Å². The van der Waals surface area contributed by atoms with E-state index in [-0.39, 0.29) is 36.2 Å². The van der Waals surface area contributed by atoms with Gasteiger partial charge in [-0.3, -0.25) is 14.4 Å². The van der Waals surface area contributed by atoms with E-state index >= 15 is 0 Å². The summed E-state index contributed by atoms with van der Waals surface area (Å²) >= 11 is 0. The molecule has 0 bridgehead atoms. The molecule has 1 unspecified atom stereocenters. The minimum atomic E-state index is -0.647. The van der Waals surface area contributed by atoms with Crippen molar-refractivity contribution in [2.75, 3.05) is 26.2 Å². The first-order valence-corrected chi connectivity index (χ1v) is 13.0. The van der Waals surface area contributed by atoms with Crippen molar-refractivity contribution >= 4 is 17.6 Å². The summed E-state index contributed by atoms with van der Waals surface area (Å²) in [6.45, 7) is 6.98. The zero-order chi connectivity index (χ0) is 23.8. The second-order valence-electron chi connectivity index (χ2n) is 10.9. The Morgan fingerprint density at radius 3 is 2.38 bits per heavy atom. The molecule has 184 valence electrons. The zero-order valence-corrected chi connectivity index (χ0v) is 20.4. The second-order valence-corrected chi connectivity index (χ2v) is 10.9. The molecule has 3 saturated heterocycles. The first kappa shape index (κ1) is 23.5. The number of rotatable bonds is 7. The highest BCUT2D eigenvalue weighted by Gasteiger charge is 2.48. The van der Waals surface area contributed by atoms with E-state index in [0.717, 1.165) is 6.04 Å². The Morgan fingerprint density at radius 1 is 1.03 bits per heavy atom. The van der Waals surface area contributed by atoms with Crippen molar-refractivity contribution in [1.82, 2.24) is 15.1 Å². The van der Waals surface area contributed by atoms with E-state index in [9.17, 15) is 14.4 Å². The number of ether oxygens (including phenoxy) is 1. The molecule has 0 spiro atoms. The van der Waals surface area contributed by atoms with Crippen LogP contribution < -0.4 is 5.32 Å². The van der Waals surface area contributed by atoms with Gasteiger partial charge in [-0.2, -0.15) is 0 Å². The lowest BCUT2D eigenvalue weighted by Gasteiger charge is -2.32. The molecule has 4 fully saturated rings. The number of fused-ring (bicyclic) bond motifs is 1. The van der Waals surface area contributed by atoms with E-state index in [2.05, 4.69) is 22.3 Å². The van der Waals surface area contributed by atoms with Gasteiger partial charge in [0.15, 0.2) is 5.78 Å². The molecule has 3 aliphatic heterocycles. The van der Waals surface area contributed by atoms with Crippen molar-refractivity contribution in [2.45, 2.75) is 82.5 Å². The highest BCUT2D eigenvalue weighted by atomic mass is 16.5. The Hall–Kier alpha value is -2.25. The van der Waals surface area contributed by atoms with Gasteiger partial charge in [0, 0.05) is 18.2 Å². The lowest BCUT2D eigenvalue weighted by Crippen LogP contribution is -2.52. The molecule has 1 aromatic rings. The van der Waals surface area contributed by atoms with Gasteiger partial charge in [0.05, 0.1) is 6.10 Å². The largest absolute Gasteiger partial charge is 0.368 e. The average Bonchev–Trinajstić information content (AvgIpc) is 3.50. The summed E-state index contributed by atoms with van der Waals surface area (Å²) in [5.41, 5.74) is 1.87. The maximum absolute atomic E-state index is 13.4. The molecule has 3 heterocycles. The third-order valence-corrected chi connectivity index (χ3v) is 7.94. The summed E-state index contributed by atoms with van der Waals surface area (Å²) in [4.78, 5) is 43.0. The number of hydrogen-bond donors (Lipinski definition) is 1. The van der Waals surface area contributed by atoms with Crippen molar-refractivity contribution in [3.05, 3.63) is 35.4 Å². The predicted molar refractivity (Wildman–Crippen MR) is 129 cm³/mol. The van der Waals surface area contributed by atoms with Crippen molar-refractivity contribution in [1.29, 1.82) is 0 Å². The number of likely N-dealkylation sites (tertiary alicyclic amines) is 2. The van der Waals surface area contributed by atoms with Crippen LogP contribution in [0.1, 0.15) is 74.2 Å². The lowest BCUT2D eigenvalue weighted by atomic mass is 9.89. The number of carbonyl (C=O) groups excluding carboxylic acids is 3. The van der Waals surface area contributed by atoms with Gasteiger partial charge in [-0.25, -0.2) is 0 Å². The quantitative estimate of drug-likeness (QED) is 0.667. The van der Waals surface area contributed by atoms with Crippen molar-refractivity contribution in [3.8, 4) is 0 Å². The molecule has 4 aliphatic rings. The van der Waals surface area contributed by atoms with Crippen molar-refractivity contribution in [3.63, 3.8) is 0 Å². The van der Waals surface area contributed by atoms with Crippen LogP contribution in [-0.2, 0) is 14.3 Å². The molecule has 34 heavy (non-hydrogen) atoms. The highest BCUT2D eigenvalue weighted by Crippen LogP contribution is 2.34. The Bertz CT molecular complexity index is 918. The van der Waals surface area contributed by atoms with Gasteiger partial charge in [-0.05, 0) is 81.1 Å². The average molecular weight is 468 g/mol. The van der Waals surface area contributed by atoms with Gasteiger partial charge < -0.3 is 19.9 Å². The van der Waals surface area contributed by atoms with E-state index in [4.69, 9.17) is 4.74 Å². The maximum atomic E-state index is 13.4. The summed E-state index contributed by atoms with van der Waals surface area (Å²) in [6.07, 6.45) is 6.07. The van der Waals surface area contributed by atoms with Crippen molar-refractivity contribution < 1.29 is 19.1 Å². The predicted octanol–water partition coefficient (Wildman–Crippen LogP) is 2.74. The van der Waals surface area contributed by atoms with Crippen LogP contribution in [0.15, 0.2) is 24.3 Å². The minimum Gasteiger partial charge on any atom is -0.368 e. The third-order valence-electron chi connectivity index (χ3n) is 7.94. The van der Waals surface area contributed by atoms with E-state index in [0.29, 0.717) is 30.9 Å². The molecule has 7 nitrogen and oxygen atoms in total. The maximum Gasteiger partial charge on any atom is 0.251 e. The topological polar surface area (TPSA) is 79.0 Å². The van der Waals surface area contributed by atoms with Crippen LogP contribution in [0.2, 0.25) is 0 Å². The van der Waals surface area contributed by atoms with Crippen LogP contribution in [0.5, 0.6) is 0 Å². The van der Waals surface area contributed by atoms with Gasteiger partial charge in [0.2, 0.25) is 5.91 Å². The molecule has 1 N–H and O–H groups in total. The molecule has 1 aliphatic carbocycles. The minimum absolute atomic E-state index is 0.0379. The molecule has 0 aromatic heterocycles.